The molecule has 1 aliphatic rings. The molecule has 1 saturated heterocycles. The van der Waals surface area contributed by atoms with Gasteiger partial charge >= 0.3 is 0 Å². The molecule has 2 aromatic carbocycles. The first-order valence-electron chi connectivity index (χ1n) is 9.92. The van der Waals surface area contributed by atoms with Gasteiger partial charge in [0.25, 0.3) is 5.91 Å². The van der Waals surface area contributed by atoms with Crippen LogP contribution in [0.1, 0.15) is 23.8 Å². The van der Waals surface area contributed by atoms with Gasteiger partial charge in [0.15, 0.2) is 5.17 Å². The van der Waals surface area contributed by atoms with E-state index in [1.54, 1.807) is 35.6 Å². The standard InChI is InChI=1S/C25H20ClN3O2S/c1-18(14-19-6-3-2-4-7-19)16-27-28-25-29(17-22-8-5-13-31-22)24(30)23(32-25)15-20-9-11-21(26)12-10-20/h2-16H,17H2,1H3/b18-14+,23-15-,27-16+,28-25-. The molecule has 1 aromatic heterocycles. The first kappa shape index (κ1) is 21.9. The quantitative estimate of drug-likeness (QED) is 0.239. The molecule has 7 heteroatoms. The zero-order valence-electron chi connectivity index (χ0n) is 17.3. The Morgan fingerprint density at radius 3 is 2.56 bits per heavy atom. The van der Waals surface area contributed by atoms with E-state index in [1.807, 2.05) is 67.6 Å². The second-order valence-corrected chi connectivity index (χ2v) is 8.50. The van der Waals surface area contributed by atoms with Crippen molar-refractivity contribution in [3.05, 3.63) is 105 Å². The summed E-state index contributed by atoms with van der Waals surface area (Å²) < 4.78 is 5.43. The highest BCUT2D eigenvalue weighted by Crippen LogP contribution is 2.34. The molecule has 0 spiro atoms. The summed E-state index contributed by atoms with van der Waals surface area (Å²) in [5, 5.41) is 9.70. The number of thioether (sulfide) groups is 1. The van der Waals surface area contributed by atoms with Gasteiger partial charge in [0.2, 0.25) is 0 Å². The smallest absolute Gasteiger partial charge is 0.267 e. The van der Waals surface area contributed by atoms with Crippen molar-refractivity contribution in [1.29, 1.82) is 0 Å². The van der Waals surface area contributed by atoms with Crippen molar-refractivity contribution < 1.29 is 9.21 Å². The Balaban J connectivity index is 1.58. The molecule has 1 amide bonds. The van der Waals surface area contributed by atoms with Crippen molar-refractivity contribution >= 4 is 52.8 Å². The zero-order chi connectivity index (χ0) is 22.3. The molecule has 0 N–H and O–H groups in total. The molecule has 3 aromatic rings. The van der Waals surface area contributed by atoms with Crippen LogP contribution in [0.5, 0.6) is 0 Å². The van der Waals surface area contributed by atoms with Crippen LogP contribution in [-0.2, 0) is 11.3 Å². The van der Waals surface area contributed by atoms with Crippen molar-refractivity contribution in [1.82, 2.24) is 4.90 Å². The van der Waals surface area contributed by atoms with Gasteiger partial charge in [-0.3, -0.25) is 9.69 Å². The van der Waals surface area contributed by atoms with Gasteiger partial charge in [0.05, 0.1) is 23.9 Å². The Morgan fingerprint density at radius 1 is 1.06 bits per heavy atom. The highest BCUT2D eigenvalue weighted by Gasteiger charge is 2.34. The van der Waals surface area contributed by atoms with Gasteiger partial charge in [-0.15, -0.1) is 5.10 Å². The molecule has 0 atom stereocenters. The van der Waals surface area contributed by atoms with E-state index >= 15 is 0 Å². The van der Waals surface area contributed by atoms with E-state index in [0.717, 1.165) is 16.7 Å². The number of furan rings is 1. The molecule has 0 saturated carbocycles. The van der Waals surface area contributed by atoms with Crippen molar-refractivity contribution in [2.24, 2.45) is 10.2 Å². The number of halogens is 1. The lowest BCUT2D eigenvalue weighted by atomic mass is 10.1. The maximum Gasteiger partial charge on any atom is 0.267 e. The number of hydrogen-bond acceptors (Lipinski definition) is 5. The zero-order valence-corrected chi connectivity index (χ0v) is 18.9. The molecule has 0 unspecified atom stereocenters. The molecular weight excluding hydrogens is 442 g/mol. The predicted molar refractivity (Wildman–Crippen MR) is 132 cm³/mol. The van der Waals surface area contributed by atoms with E-state index in [-0.39, 0.29) is 12.5 Å². The maximum absolute atomic E-state index is 13.1. The SMILES string of the molecule is CC(/C=N/N=C1\S/C(=C\c2ccc(Cl)cc2)C(=O)N1Cc1ccco1)=C\c1ccccc1. The average Bonchev–Trinajstić information content (AvgIpc) is 3.40. The molecule has 0 aliphatic carbocycles. The minimum atomic E-state index is -0.146. The molecule has 0 radical (unpaired) electrons. The third kappa shape index (κ3) is 5.66. The lowest BCUT2D eigenvalue weighted by Gasteiger charge is -2.12. The van der Waals surface area contributed by atoms with Gasteiger partial charge in [0, 0.05) is 5.02 Å². The van der Waals surface area contributed by atoms with Crippen LogP contribution in [0.15, 0.2) is 98.1 Å². The van der Waals surface area contributed by atoms with E-state index < -0.39 is 0 Å². The number of hydrogen-bond donors (Lipinski definition) is 0. The molecule has 1 fully saturated rings. The van der Waals surface area contributed by atoms with Crippen LogP contribution in [0.25, 0.3) is 12.2 Å². The Morgan fingerprint density at radius 2 is 1.84 bits per heavy atom. The summed E-state index contributed by atoms with van der Waals surface area (Å²) in [5.74, 6) is 0.523. The van der Waals surface area contributed by atoms with Crippen LogP contribution >= 0.6 is 23.4 Å². The summed E-state index contributed by atoms with van der Waals surface area (Å²) in [7, 11) is 0. The molecule has 1 aliphatic heterocycles. The minimum absolute atomic E-state index is 0.146. The normalized spacial score (nSPS) is 17.2. The monoisotopic (exact) mass is 461 g/mol. The largest absolute Gasteiger partial charge is 0.467 e. The minimum Gasteiger partial charge on any atom is -0.467 e. The van der Waals surface area contributed by atoms with E-state index in [9.17, 15) is 4.79 Å². The van der Waals surface area contributed by atoms with Crippen LogP contribution in [-0.4, -0.2) is 22.2 Å². The summed E-state index contributed by atoms with van der Waals surface area (Å²) in [6, 6.07) is 20.9. The fraction of sp³-hybridized carbons (Fsp3) is 0.0800. The third-order valence-corrected chi connectivity index (χ3v) is 5.80. The third-order valence-electron chi connectivity index (χ3n) is 4.55. The van der Waals surface area contributed by atoms with E-state index in [2.05, 4.69) is 10.2 Å². The number of carbonyl (C=O) groups excluding carboxylic acids is 1. The first-order chi connectivity index (χ1) is 15.6. The van der Waals surface area contributed by atoms with Crippen molar-refractivity contribution in [3.63, 3.8) is 0 Å². The van der Waals surface area contributed by atoms with Gasteiger partial charge in [-0.25, -0.2) is 0 Å². The Bertz CT molecular complexity index is 1200. The van der Waals surface area contributed by atoms with Gasteiger partial charge in [-0.1, -0.05) is 60.1 Å². The maximum atomic E-state index is 13.1. The second-order valence-electron chi connectivity index (χ2n) is 7.06. The van der Waals surface area contributed by atoms with Gasteiger partial charge in [-0.2, -0.15) is 5.10 Å². The lowest BCUT2D eigenvalue weighted by molar-refractivity contribution is -0.122. The second kappa shape index (κ2) is 10.3. The molecule has 32 heavy (non-hydrogen) atoms. The van der Waals surface area contributed by atoms with Crippen LogP contribution < -0.4 is 0 Å². The number of rotatable bonds is 6. The van der Waals surface area contributed by atoms with Gasteiger partial charge < -0.3 is 4.42 Å². The highest BCUT2D eigenvalue weighted by atomic mass is 35.5. The van der Waals surface area contributed by atoms with Crippen molar-refractivity contribution in [2.45, 2.75) is 13.5 Å². The topological polar surface area (TPSA) is 58.2 Å². The van der Waals surface area contributed by atoms with Crippen LogP contribution in [0.4, 0.5) is 0 Å². The average molecular weight is 462 g/mol. The summed E-state index contributed by atoms with van der Waals surface area (Å²) in [6.45, 7) is 2.24. The van der Waals surface area contributed by atoms with E-state index in [0.29, 0.717) is 20.9 Å². The number of benzene rings is 2. The summed E-state index contributed by atoms with van der Waals surface area (Å²) >= 11 is 7.25. The number of allylic oxidation sites excluding steroid dienone is 1. The molecule has 5 nitrogen and oxygen atoms in total. The first-order valence-corrected chi connectivity index (χ1v) is 11.1. The van der Waals surface area contributed by atoms with Crippen LogP contribution in [0, 0.1) is 0 Å². The molecular formula is C25H20ClN3O2S. The van der Waals surface area contributed by atoms with Crippen LogP contribution in [0.2, 0.25) is 5.02 Å². The number of nitrogens with zero attached hydrogens (tertiary/aromatic N) is 3. The Hall–Kier alpha value is -3.35. The summed E-state index contributed by atoms with van der Waals surface area (Å²) in [5.41, 5.74) is 2.92. The van der Waals surface area contributed by atoms with Crippen molar-refractivity contribution in [2.75, 3.05) is 0 Å². The number of carbonyl (C=O) groups is 1. The number of amidine groups is 1. The number of amides is 1. The van der Waals surface area contributed by atoms with Crippen LogP contribution in [0.3, 0.4) is 0 Å². The lowest BCUT2D eigenvalue weighted by Crippen LogP contribution is -2.28. The predicted octanol–water partition coefficient (Wildman–Crippen LogP) is 6.49. The van der Waals surface area contributed by atoms with E-state index in [4.69, 9.17) is 16.0 Å². The van der Waals surface area contributed by atoms with Crippen molar-refractivity contribution in [3.8, 4) is 0 Å². The van der Waals surface area contributed by atoms with Gasteiger partial charge in [0.1, 0.15) is 5.76 Å². The summed E-state index contributed by atoms with van der Waals surface area (Å²) in [6.07, 6.45) is 7.10. The van der Waals surface area contributed by atoms with Gasteiger partial charge in [-0.05, 0) is 65.7 Å². The highest BCUT2D eigenvalue weighted by molar-refractivity contribution is 8.18. The fourth-order valence-corrected chi connectivity index (χ4v) is 4.07. The fourth-order valence-electron chi connectivity index (χ4n) is 3.01. The Kier molecular flexibility index (Phi) is 7.04. The molecule has 2 heterocycles. The van der Waals surface area contributed by atoms with E-state index in [1.165, 1.54) is 11.8 Å². The molecule has 160 valence electrons. The summed E-state index contributed by atoms with van der Waals surface area (Å²) in [4.78, 5) is 15.2. The Labute approximate surface area is 195 Å². The molecule has 4 rings (SSSR count). The molecule has 0 bridgehead atoms.